The summed E-state index contributed by atoms with van der Waals surface area (Å²) >= 11 is 6.50. The lowest BCUT2D eigenvalue weighted by atomic mass is 10.4. The second-order valence-corrected chi connectivity index (χ2v) is 2.31. The molecule has 0 atom stereocenters. The number of hydrogen-bond acceptors (Lipinski definition) is 2. The van der Waals surface area contributed by atoms with Crippen molar-refractivity contribution in [2.45, 2.75) is 6.92 Å². The van der Waals surface area contributed by atoms with E-state index >= 15 is 0 Å². The monoisotopic (exact) mass is 147 g/mol. The molecule has 0 saturated heterocycles. The summed E-state index contributed by atoms with van der Waals surface area (Å²) in [7, 11) is 0. The van der Waals surface area contributed by atoms with Crippen molar-refractivity contribution in [1.29, 1.82) is 5.26 Å². The van der Waals surface area contributed by atoms with Crippen LogP contribution in [0.2, 0.25) is 0 Å². The highest BCUT2D eigenvalue weighted by Crippen LogP contribution is 2.05. The van der Waals surface area contributed by atoms with Crippen molar-refractivity contribution in [2.75, 3.05) is 5.75 Å². The number of nitriles is 1. The highest BCUT2D eigenvalue weighted by molar-refractivity contribution is 8.03. The summed E-state index contributed by atoms with van der Waals surface area (Å²) in [6.07, 6.45) is 0. The maximum atomic E-state index is 8.05. The van der Waals surface area contributed by atoms with Crippen molar-refractivity contribution in [2.24, 2.45) is 0 Å². The van der Waals surface area contributed by atoms with Crippen LogP contribution in [0.4, 0.5) is 0 Å². The van der Waals surface area contributed by atoms with Crippen molar-refractivity contribution in [3.05, 3.63) is 11.1 Å². The minimum absolute atomic E-state index is 0.708. The van der Waals surface area contributed by atoms with E-state index in [1.54, 1.807) is 0 Å². The van der Waals surface area contributed by atoms with Gasteiger partial charge in [0.25, 0.3) is 0 Å². The van der Waals surface area contributed by atoms with Crippen molar-refractivity contribution >= 4 is 23.4 Å². The van der Waals surface area contributed by atoms with E-state index in [2.05, 4.69) is 0 Å². The zero-order valence-corrected chi connectivity index (χ0v) is 6.09. The standard InChI is InChI=1S/C5H6ClNS/c1-5(2-6)3-8-4-7/h2H,3H2,1H3/b5-2+. The lowest BCUT2D eigenvalue weighted by molar-refractivity contribution is 1.43. The van der Waals surface area contributed by atoms with Crippen LogP contribution in [0.5, 0.6) is 0 Å². The van der Waals surface area contributed by atoms with Gasteiger partial charge in [-0.1, -0.05) is 17.2 Å². The zero-order valence-electron chi connectivity index (χ0n) is 4.52. The molecule has 0 aliphatic carbocycles. The van der Waals surface area contributed by atoms with Gasteiger partial charge in [-0.15, -0.1) is 0 Å². The lowest BCUT2D eigenvalue weighted by Gasteiger charge is -1.87. The normalized spacial score (nSPS) is 10.9. The largest absolute Gasteiger partial charge is 0.185 e. The predicted octanol–water partition coefficient (Wildman–Crippen LogP) is 2.34. The lowest BCUT2D eigenvalue weighted by Crippen LogP contribution is -1.74. The quantitative estimate of drug-likeness (QED) is 0.560. The summed E-state index contributed by atoms with van der Waals surface area (Å²) in [6.45, 7) is 1.89. The van der Waals surface area contributed by atoms with E-state index in [9.17, 15) is 0 Å². The van der Waals surface area contributed by atoms with Crippen LogP contribution in [0, 0.1) is 10.7 Å². The number of thiocyanates is 1. The van der Waals surface area contributed by atoms with Crippen molar-refractivity contribution in [3.63, 3.8) is 0 Å². The van der Waals surface area contributed by atoms with Gasteiger partial charge >= 0.3 is 0 Å². The molecule has 0 spiro atoms. The summed E-state index contributed by atoms with van der Waals surface area (Å²) in [5.41, 5.74) is 2.52. The number of thioether (sulfide) groups is 1. The van der Waals surface area contributed by atoms with Crippen molar-refractivity contribution < 1.29 is 0 Å². The summed E-state index contributed by atoms with van der Waals surface area (Å²) in [5.74, 6) is 0.708. The average molecular weight is 148 g/mol. The summed E-state index contributed by atoms with van der Waals surface area (Å²) < 4.78 is 0. The first-order chi connectivity index (χ1) is 3.81. The van der Waals surface area contributed by atoms with Crippen LogP contribution in [0.3, 0.4) is 0 Å². The molecule has 0 rings (SSSR count). The fourth-order valence-corrected chi connectivity index (χ4v) is 0.722. The van der Waals surface area contributed by atoms with Gasteiger partial charge in [0.1, 0.15) is 5.40 Å². The Morgan fingerprint density at radius 3 is 3.00 bits per heavy atom. The third kappa shape index (κ3) is 4.04. The van der Waals surface area contributed by atoms with Gasteiger partial charge in [-0.3, -0.25) is 0 Å². The minimum Gasteiger partial charge on any atom is -0.185 e. The van der Waals surface area contributed by atoms with Gasteiger partial charge < -0.3 is 0 Å². The van der Waals surface area contributed by atoms with Crippen LogP contribution in [0.25, 0.3) is 0 Å². The molecule has 1 nitrogen and oxygen atoms in total. The molecule has 0 bridgehead atoms. The first kappa shape index (κ1) is 7.87. The molecule has 0 aliphatic heterocycles. The Hall–Kier alpha value is -0.130. The second kappa shape index (κ2) is 5.02. The van der Waals surface area contributed by atoms with Gasteiger partial charge in [0.2, 0.25) is 0 Å². The Balaban J connectivity index is 3.29. The maximum Gasteiger partial charge on any atom is 0.133 e. The van der Waals surface area contributed by atoms with E-state index in [0.717, 1.165) is 5.57 Å². The Morgan fingerprint density at radius 2 is 2.62 bits per heavy atom. The number of rotatable bonds is 2. The molecule has 44 valence electrons. The molecule has 8 heavy (non-hydrogen) atoms. The van der Waals surface area contributed by atoms with E-state index < -0.39 is 0 Å². The third-order valence-corrected chi connectivity index (χ3v) is 1.65. The molecular weight excluding hydrogens is 142 g/mol. The Labute approximate surface area is 58.3 Å². The Morgan fingerprint density at radius 1 is 2.00 bits per heavy atom. The molecule has 0 amide bonds. The van der Waals surface area contributed by atoms with Crippen molar-refractivity contribution in [1.82, 2.24) is 0 Å². The average Bonchev–Trinajstić information content (AvgIpc) is 1.83. The van der Waals surface area contributed by atoms with Crippen LogP contribution >= 0.6 is 23.4 Å². The first-order valence-corrected chi connectivity index (χ1v) is 3.50. The highest BCUT2D eigenvalue weighted by Gasteiger charge is 1.85. The first-order valence-electron chi connectivity index (χ1n) is 2.08. The molecule has 0 aliphatic rings. The Kier molecular flexibility index (Phi) is 4.93. The summed E-state index contributed by atoms with van der Waals surface area (Å²) in [4.78, 5) is 0. The number of hydrogen-bond donors (Lipinski definition) is 0. The molecule has 0 unspecified atom stereocenters. The molecule has 0 aromatic rings. The molecule has 0 saturated carbocycles. The van der Waals surface area contributed by atoms with Crippen LogP contribution in [-0.4, -0.2) is 5.75 Å². The van der Waals surface area contributed by atoms with Crippen LogP contribution < -0.4 is 0 Å². The molecule has 3 heteroatoms. The summed E-state index contributed by atoms with van der Waals surface area (Å²) in [5, 5.41) is 10.0. The van der Waals surface area contributed by atoms with E-state index in [1.807, 2.05) is 12.3 Å². The smallest absolute Gasteiger partial charge is 0.133 e. The van der Waals surface area contributed by atoms with Gasteiger partial charge in [0.15, 0.2) is 0 Å². The van der Waals surface area contributed by atoms with Gasteiger partial charge in [0.05, 0.1) is 0 Å². The van der Waals surface area contributed by atoms with Crippen LogP contribution in [0.15, 0.2) is 11.1 Å². The van der Waals surface area contributed by atoms with E-state index in [1.165, 1.54) is 17.3 Å². The molecule has 0 aromatic heterocycles. The van der Waals surface area contributed by atoms with Gasteiger partial charge in [-0.2, -0.15) is 5.26 Å². The highest BCUT2D eigenvalue weighted by atomic mass is 35.5. The molecule has 0 aromatic carbocycles. The second-order valence-electron chi connectivity index (χ2n) is 1.34. The van der Waals surface area contributed by atoms with E-state index in [0.29, 0.717) is 5.75 Å². The topological polar surface area (TPSA) is 23.8 Å². The van der Waals surface area contributed by atoms with E-state index in [4.69, 9.17) is 16.9 Å². The number of halogens is 1. The molecule has 0 N–H and O–H groups in total. The molecular formula is C5H6ClNS. The Bertz CT molecular complexity index is 125. The fourth-order valence-electron chi connectivity index (χ4n) is 0.178. The number of nitrogens with zero attached hydrogens (tertiary/aromatic N) is 1. The van der Waals surface area contributed by atoms with Gasteiger partial charge in [-0.25, -0.2) is 0 Å². The van der Waals surface area contributed by atoms with Gasteiger partial charge in [0, 0.05) is 11.3 Å². The van der Waals surface area contributed by atoms with Gasteiger partial charge in [-0.05, 0) is 18.7 Å². The van der Waals surface area contributed by atoms with Crippen LogP contribution in [-0.2, 0) is 0 Å². The predicted molar refractivity (Wildman–Crippen MR) is 37.7 cm³/mol. The molecule has 0 radical (unpaired) electrons. The van der Waals surface area contributed by atoms with E-state index in [-0.39, 0.29) is 0 Å². The van der Waals surface area contributed by atoms with Crippen molar-refractivity contribution in [3.8, 4) is 5.40 Å². The molecule has 0 heterocycles. The molecule has 0 fully saturated rings. The minimum atomic E-state index is 0.708. The SMILES string of the molecule is C/C(=C\Cl)CSC#N. The third-order valence-electron chi connectivity index (χ3n) is 0.551. The zero-order chi connectivity index (χ0) is 6.41. The van der Waals surface area contributed by atoms with Crippen LogP contribution in [0.1, 0.15) is 6.92 Å². The maximum absolute atomic E-state index is 8.05. The summed E-state index contributed by atoms with van der Waals surface area (Å²) in [6, 6.07) is 0. The fraction of sp³-hybridized carbons (Fsp3) is 0.400.